The number of hydrogen-bond donors (Lipinski definition) is 1. The molecule has 2 N–H and O–H groups in total. The first-order valence-corrected chi connectivity index (χ1v) is 17.2. The molecular weight excluding hydrogens is 615 g/mol. The molecule has 4 aliphatic rings. The molecule has 9 heteroatoms. The summed E-state index contributed by atoms with van der Waals surface area (Å²) >= 11 is 12.2. The molecule has 3 atom stereocenters. The molecule has 3 aromatic carbocycles. The number of aryl methyl sites for hydroxylation is 2. The molecule has 2 bridgehead atoms. The van der Waals surface area contributed by atoms with Gasteiger partial charge >= 0.3 is 0 Å². The van der Waals surface area contributed by atoms with Crippen LogP contribution in [0.3, 0.4) is 0 Å². The molecule has 1 aromatic heterocycles. The van der Waals surface area contributed by atoms with E-state index in [1.807, 2.05) is 12.1 Å². The van der Waals surface area contributed by atoms with E-state index < -0.39 is 0 Å². The zero-order chi connectivity index (χ0) is 32.4. The Morgan fingerprint density at radius 2 is 1.76 bits per heavy atom. The van der Waals surface area contributed by atoms with Gasteiger partial charge in [0.1, 0.15) is 0 Å². The van der Waals surface area contributed by atoms with E-state index in [0.29, 0.717) is 51.0 Å². The average Bonchev–Trinajstić information content (AvgIpc) is 3.06. The summed E-state index contributed by atoms with van der Waals surface area (Å²) in [5.74, 6) is 3.62. The smallest absolute Gasteiger partial charge is 0.261 e. The van der Waals surface area contributed by atoms with Crippen LogP contribution in [0.1, 0.15) is 45.6 Å². The van der Waals surface area contributed by atoms with Gasteiger partial charge in [0.05, 0.1) is 22.9 Å². The Morgan fingerprint density at radius 1 is 1.00 bits per heavy atom. The third-order valence-electron chi connectivity index (χ3n) is 10.6. The van der Waals surface area contributed by atoms with Gasteiger partial charge in [0, 0.05) is 48.5 Å². The number of rotatable bonds is 5. The van der Waals surface area contributed by atoms with Gasteiger partial charge in [-0.05, 0) is 90.5 Å². The number of piperazine rings is 1. The molecule has 1 aliphatic heterocycles. The van der Waals surface area contributed by atoms with Crippen LogP contribution in [-0.4, -0.2) is 46.6 Å². The molecular formula is C37H44Cl2N6O. The highest BCUT2D eigenvalue weighted by Crippen LogP contribution is 2.61. The quantitative estimate of drug-likeness (QED) is 0.175. The number of hydrogen-bond acceptors (Lipinski definition) is 4. The van der Waals surface area contributed by atoms with Crippen molar-refractivity contribution < 1.29 is 0 Å². The van der Waals surface area contributed by atoms with E-state index in [9.17, 15) is 4.79 Å². The van der Waals surface area contributed by atoms with Gasteiger partial charge in [-0.25, -0.2) is 9.98 Å². The van der Waals surface area contributed by atoms with Gasteiger partial charge in [-0.2, -0.15) is 0 Å². The van der Waals surface area contributed by atoms with Crippen molar-refractivity contribution in [2.24, 2.45) is 33.9 Å². The molecule has 3 aliphatic carbocycles. The fraction of sp³-hybridized carbons (Fsp3) is 0.432. The Balaban J connectivity index is 0.000000314. The van der Waals surface area contributed by atoms with Crippen molar-refractivity contribution in [1.29, 1.82) is 0 Å². The lowest BCUT2D eigenvalue weighted by Crippen LogP contribution is -2.51. The minimum Gasteiger partial charge on any atom is -0.369 e. The first-order valence-electron chi connectivity index (χ1n) is 16.4. The molecule has 46 heavy (non-hydrogen) atoms. The molecule has 4 aromatic rings. The average molecular weight is 660 g/mol. The fourth-order valence-electron chi connectivity index (χ4n) is 7.55. The summed E-state index contributed by atoms with van der Waals surface area (Å²) in [5.41, 5.74) is 10.3. The third-order valence-corrected chi connectivity index (χ3v) is 11.2. The highest BCUT2D eigenvalue weighted by atomic mass is 35.5. The van der Waals surface area contributed by atoms with Crippen LogP contribution in [0.2, 0.25) is 10.0 Å². The molecule has 3 saturated carbocycles. The number of aliphatic imine (C=N–C) groups is 1. The van der Waals surface area contributed by atoms with Crippen molar-refractivity contribution in [3.63, 3.8) is 0 Å². The van der Waals surface area contributed by atoms with Gasteiger partial charge in [-0.1, -0.05) is 74.7 Å². The van der Waals surface area contributed by atoms with Gasteiger partial charge in [-0.15, -0.1) is 0 Å². The lowest BCUT2D eigenvalue weighted by atomic mass is 9.46. The van der Waals surface area contributed by atoms with Crippen LogP contribution >= 0.6 is 23.2 Å². The highest BCUT2D eigenvalue weighted by molar-refractivity contribution is 6.35. The van der Waals surface area contributed by atoms with Crippen molar-refractivity contribution in [3.8, 4) is 0 Å². The maximum atomic E-state index is 13.0. The summed E-state index contributed by atoms with van der Waals surface area (Å²) in [6.07, 6.45) is 6.70. The van der Waals surface area contributed by atoms with Crippen LogP contribution < -0.4 is 16.2 Å². The molecule has 3 unspecified atom stereocenters. The molecule has 8 rings (SSSR count). The number of anilines is 1. The summed E-state index contributed by atoms with van der Waals surface area (Å²) in [6.45, 7) is 11.1. The number of fused-ring (bicyclic) bond motifs is 3. The Labute approximate surface area is 282 Å². The maximum absolute atomic E-state index is 13.0. The Morgan fingerprint density at radius 3 is 2.41 bits per heavy atom. The number of para-hydroxylation sites is 1. The maximum Gasteiger partial charge on any atom is 0.261 e. The van der Waals surface area contributed by atoms with Crippen molar-refractivity contribution in [1.82, 2.24) is 14.5 Å². The molecule has 0 spiro atoms. The molecule has 0 radical (unpaired) electrons. The largest absolute Gasteiger partial charge is 0.369 e. The summed E-state index contributed by atoms with van der Waals surface area (Å²) in [5, 5.41) is 1.71. The summed E-state index contributed by atoms with van der Waals surface area (Å²) in [4.78, 5) is 26.5. The van der Waals surface area contributed by atoms with Crippen LogP contribution in [0.15, 0.2) is 82.8 Å². The van der Waals surface area contributed by atoms with Crippen molar-refractivity contribution >= 4 is 51.4 Å². The van der Waals surface area contributed by atoms with Crippen molar-refractivity contribution in [2.75, 3.05) is 31.1 Å². The summed E-state index contributed by atoms with van der Waals surface area (Å²) < 4.78 is 1.59. The van der Waals surface area contributed by atoms with Crippen LogP contribution in [0.5, 0.6) is 0 Å². The predicted molar refractivity (Wildman–Crippen MR) is 191 cm³/mol. The van der Waals surface area contributed by atoms with Gasteiger partial charge in [0.15, 0.2) is 5.96 Å². The number of nitrogens with two attached hydrogens (primary N) is 1. The Kier molecular flexibility index (Phi) is 9.62. The topological polar surface area (TPSA) is 79.7 Å². The molecule has 7 nitrogen and oxygen atoms in total. The van der Waals surface area contributed by atoms with E-state index in [0.717, 1.165) is 49.5 Å². The number of guanidine groups is 1. The monoisotopic (exact) mass is 658 g/mol. The normalized spacial score (nSPS) is 22.2. The number of benzene rings is 3. The van der Waals surface area contributed by atoms with E-state index >= 15 is 0 Å². The van der Waals surface area contributed by atoms with E-state index in [-0.39, 0.29) is 5.56 Å². The van der Waals surface area contributed by atoms with Crippen LogP contribution in [0, 0.1) is 23.2 Å². The number of halogens is 2. The van der Waals surface area contributed by atoms with E-state index in [2.05, 4.69) is 64.8 Å². The molecule has 2 heterocycles. The third kappa shape index (κ3) is 6.91. The first-order chi connectivity index (χ1) is 22.1. The first kappa shape index (κ1) is 32.4. The highest BCUT2D eigenvalue weighted by Gasteiger charge is 2.52. The van der Waals surface area contributed by atoms with Gasteiger partial charge < -0.3 is 15.5 Å². The van der Waals surface area contributed by atoms with Crippen LogP contribution in [-0.2, 0) is 13.0 Å². The minimum atomic E-state index is -0.106. The Bertz CT molecular complexity index is 1760. The van der Waals surface area contributed by atoms with E-state index in [1.165, 1.54) is 24.9 Å². The lowest BCUT2D eigenvalue weighted by Gasteiger charge is -2.59. The van der Waals surface area contributed by atoms with E-state index in [4.69, 9.17) is 28.9 Å². The van der Waals surface area contributed by atoms with Crippen LogP contribution in [0.25, 0.3) is 10.9 Å². The van der Waals surface area contributed by atoms with Crippen molar-refractivity contribution in [2.45, 2.75) is 53.0 Å². The number of aromatic nitrogens is 2. The zero-order valence-corrected chi connectivity index (χ0v) is 28.5. The van der Waals surface area contributed by atoms with Crippen molar-refractivity contribution in [3.05, 3.63) is 99.0 Å². The number of nitrogens with zero attached hydrogens (tertiary/aromatic N) is 5. The molecule has 1 saturated heterocycles. The second-order valence-electron chi connectivity index (χ2n) is 13.6. The molecule has 242 valence electrons. The zero-order valence-electron chi connectivity index (χ0n) is 27.0. The Hall–Kier alpha value is -3.55. The summed E-state index contributed by atoms with van der Waals surface area (Å²) in [6, 6.07) is 21.1. The second-order valence-corrected chi connectivity index (χ2v) is 14.5. The molecule has 0 amide bonds. The predicted octanol–water partition coefficient (Wildman–Crippen LogP) is 7.79. The lowest BCUT2D eigenvalue weighted by molar-refractivity contribution is -0.0988. The summed E-state index contributed by atoms with van der Waals surface area (Å²) in [7, 11) is 0. The van der Waals surface area contributed by atoms with Crippen LogP contribution in [0.4, 0.5) is 11.4 Å². The standard InChI is InChI=1S/C27H26Cl2N6O.C10H18/c28-20-7-6-19(24(29)16-20)10-11-35-18-31-25-17-21(8-9-23(25)26(35)36)32-27(30)34-14-12-33(13-15-34)22-4-2-1-3-5-22;1-7-4-5-8-6-9(7)10(8,2)3/h1-9,16-18H,10-15H2,(H2,30,32);7-9H,4-6H2,1-3H3. The van der Waals surface area contributed by atoms with E-state index in [1.54, 1.807) is 41.2 Å². The second kappa shape index (κ2) is 13.7. The SMILES string of the molecule is CC1CCC2CC1C2(C)C.NC(=Nc1ccc2c(=O)n(CCc3ccc(Cl)cc3Cl)cnc2c1)N1CCN(c2ccccc2)CC1. The van der Waals surface area contributed by atoms with Gasteiger partial charge in [0.25, 0.3) is 5.56 Å². The van der Waals surface area contributed by atoms with Gasteiger partial charge in [-0.3, -0.25) is 9.36 Å². The minimum absolute atomic E-state index is 0.106. The van der Waals surface area contributed by atoms with Gasteiger partial charge in [0.2, 0.25) is 0 Å². The molecule has 4 fully saturated rings. The fourth-order valence-corrected chi connectivity index (χ4v) is 8.06.